The summed E-state index contributed by atoms with van der Waals surface area (Å²) < 4.78 is 20.6. The van der Waals surface area contributed by atoms with Gasteiger partial charge in [-0.25, -0.2) is 9.59 Å². The van der Waals surface area contributed by atoms with Crippen molar-refractivity contribution in [2.24, 2.45) is 0 Å². The van der Waals surface area contributed by atoms with Gasteiger partial charge in [-0.2, -0.15) is 0 Å². The molecule has 0 spiro atoms. The van der Waals surface area contributed by atoms with Crippen LogP contribution in [0.3, 0.4) is 0 Å². The summed E-state index contributed by atoms with van der Waals surface area (Å²) in [6.07, 6.45) is -2.45. The fraction of sp³-hybridized carbons (Fsp3) is 0.400. The van der Waals surface area contributed by atoms with E-state index in [1.54, 1.807) is 27.7 Å². The lowest BCUT2D eigenvalue weighted by molar-refractivity contribution is -0.384. The number of benzene rings is 1. The fourth-order valence-corrected chi connectivity index (χ4v) is 2.87. The number of non-ortho nitro benzene ring substituents is 1. The van der Waals surface area contributed by atoms with Crippen molar-refractivity contribution in [3.05, 3.63) is 62.9 Å². The van der Waals surface area contributed by atoms with E-state index in [1.807, 2.05) is 0 Å². The first-order chi connectivity index (χ1) is 14.6. The van der Waals surface area contributed by atoms with Crippen molar-refractivity contribution >= 4 is 18.0 Å². The summed E-state index contributed by atoms with van der Waals surface area (Å²) in [5, 5.41) is 22.8. The first kappa shape index (κ1) is 23.7. The van der Waals surface area contributed by atoms with E-state index in [4.69, 9.17) is 24.1 Å². The molecule has 0 radical (unpaired) electrons. The van der Waals surface area contributed by atoms with E-state index in [-0.39, 0.29) is 30.4 Å². The Labute approximate surface area is 178 Å². The summed E-state index contributed by atoms with van der Waals surface area (Å²) in [6, 6.07) is 5.50. The monoisotopic (exact) mass is 436 g/mol. The molecule has 11 nitrogen and oxygen atoms in total. The van der Waals surface area contributed by atoms with E-state index in [1.165, 1.54) is 24.3 Å². The molecule has 0 aromatic heterocycles. The maximum atomic E-state index is 12.2. The van der Waals surface area contributed by atoms with Crippen LogP contribution in [-0.2, 0) is 18.9 Å². The van der Waals surface area contributed by atoms with E-state index in [9.17, 15) is 19.7 Å². The molecule has 1 aliphatic heterocycles. The number of nitrogens with one attached hydrogen (secondary N) is 1. The molecule has 2 N–H and O–H groups in total. The first-order valence-electron chi connectivity index (χ1n) is 9.40. The molecule has 168 valence electrons. The highest BCUT2D eigenvalue weighted by molar-refractivity contribution is 5.65. The number of carbonyl (C=O) groups excluding carboxylic acids is 2. The van der Waals surface area contributed by atoms with Gasteiger partial charge in [0.05, 0.1) is 29.0 Å². The number of dihydropyridines is 1. The Kier molecular flexibility index (Phi) is 7.97. The second-order valence-electron chi connectivity index (χ2n) is 6.83. The Bertz CT molecular complexity index is 904. The molecule has 2 rings (SSSR count). The smallest absolute Gasteiger partial charge is 0.432 e. The van der Waals surface area contributed by atoms with Gasteiger partial charge in [0.15, 0.2) is 0 Å². The van der Waals surface area contributed by atoms with Crippen molar-refractivity contribution in [1.29, 1.82) is 0 Å². The molecule has 1 unspecified atom stereocenters. The quantitative estimate of drug-likeness (QED) is 0.370. The number of aliphatic hydroxyl groups is 1. The van der Waals surface area contributed by atoms with Gasteiger partial charge in [0.2, 0.25) is 0 Å². The van der Waals surface area contributed by atoms with Crippen molar-refractivity contribution in [1.82, 2.24) is 5.32 Å². The predicted octanol–water partition coefficient (Wildman–Crippen LogP) is 3.45. The van der Waals surface area contributed by atoms with Crippen molar-refractivity contribution in [2.45, 2.75) is 39.7 Å². The molecule has 1 atom stereocenters. The molecule has 0 saturated carbocycles. The van der Waals surface area contributed by atoms with Crippen LogP contribution in [0.15, 0.2) is 47.2 Å². The van der Waals surface area contributed by atoms with Gasteiger partial charge in [0.1, 0.15) is 24.0 Å². The number of aliphatic hydroxyl groups excluding tert-OH is 1. The molecule has 1 aromatic rings. The van der Waals surface area contributed by atoms with E-state index in [0.29, 0.717) is 17.0 Å². The average Bonchev–Trinajstić information content (AvgIpc) is 2.69. The molecule has 1 heterocycles. The third kappa shape index (κ3) is 6.19. The standard InChI is InChI=1S/C20H24N2O9/c1-11(2)29-20(25)31-18-13(4)21-12(3)17(30-19(24)28-10-9-23)16(18)14-5-7-15(8-6-14)22(26)27/h5-8,11,16,21,23H,9-10H2,1-4H3. The Balaban J connectivity index is 2.46. The van der Waals surface area contributed by atoms with Crippen molar-refractivity contribution in [3.63, 3.8) is 0 Å². The molecule has 0 saturated heterocycles. The summed E-state index contributed by atoms with van der Waals surface area (Å²) in [5.41, 5.74) is 1.22. The number of hydrogen-bond acceptors (Lipinski definition) is 10. The molecular formula is C20H24N2O9. The fourth-order valence-electron chi connectivity index (χ4n) is 2.87. The molecular weight excluding hydrogens is 412 g/mol. The van der Waals surface area contributed by atoms with Crippen LogP contribution in [0, 0.1) is 10.1 Å². The summed E-state index contributed by atoms with van der Waals surface area (Å²) in [7, 11) is 0. The Morgan fingerprint density at radius 2 is 1.65 bits per heavy atom. The average molecular weight is 436 g/mol. The van der Waals surface area contributed by atoms with E-state index < -0.39 is 29.3 Å². The maximum Gasteiger partial charge on any atom is 0.513 e. The summed E-state index contributed by atoms with van der Waals surface area (Å²) in [5.74, 6) is -0.742. The van der Waals surface area contributed by atoms with Gasteiger partial charge in [0.25, 0.3) is 5.69 Å². The van der Waals surface area contributed by atoms with E-state index in [0.717, 1.165) is 0 Å². The zero-order valence-electron chi connectivity index (χ0n) is 17.5. The number of hydrogen-bond donors (Lipinski definition) is 2. The second kappa shape index (κ2) is 10.4. The summed E-state index contributed by atoms with van der Waals surface area (Å²) in [6.45, 7) is 5.96. The molecule has 1 aliphatic rings. The third-order valence-electron chi connectivity index (χ3n) is 4.11. The van der Waals surface area contributed by atoms with Crippen molar-refractivity contribution in [3.8, 4) is 0 Å². The predicted molar refractivity (Wildman–Crippen MR) is 107 cm³/mol. The lowest BCUT2D eigenvalue weighted by Gasteiger charge is -2.30. The molecule has 0 bridgehead atoms. The van der Waals surface area contributed by atoms with Gasteiger partial charge >= 0.3 is 12.3 Å². The highest BCUT2D eigenvalue weighted by Crippen LogP contribution is 2.40. The van der Waals surface area contributed by atoms with Gasteiger partial charge < -0.3 is 29.4 Å². The van der Waals surface area contributed by atoms with E-state index >= 15 is 0 Å². The molecule has 0 aliphatic carbocycles. The zero-order chi connectivity index (χ0) is 23.1. The molecule has 0 fully saturated rings. The highest BCUT2D eigenvalue weighted by Gasteiger charge is 2.36. The van der Waals surface area contributed by atoms with Crippen LogP contribution in [0.5, 0.6) is 0 Å². The molecule has 11 heteroatoms. The van der Waals surface area contributed by atoms with Gasteiger partial charge in [-0.15, -0.1) is 0 Å². The normalized spacial score (nSPS) is 16.0. The number of allylic oxidation sites excluding steroid dienone is 2. The minimum atomic E-state index is -1.07. The van der Waals surface area contributed by atoms with Crippen LogP contribution in [0.4, 0.5) is 15.3 Å². The largest absolute Gasteiger partial charge is 0.513 e. The lowest BCUT2D eigenvalue weighted by Crippen LogP contribution is -2.29. The van der Waals surface area contributed by atoms with E-state index in [2.05, 4.69) is 5.32 Å². The zero-order valence-corrected chi connectivity index (χ0v) is 17.5. The summed E-state index contributed by atoms with van der Waals surface area (Å²) in [4.78, 5) is 34.7. The second-order valence-corrected chi connectivity index (χ2v) is 6.83. The van der Waals surface area contributed by atoms with Crippen LogP contribution in [0.1, 0.15) is 39.2 Å². The van der Waals surface area contributed by atoms with Crippen LogP contribution < -0.4 is 5.32 Å². The Hall–Kier alpha value is -3.60. The minimum absolute atomic E-state index is 0.0646. The Morgan fingerprint density at radius 1 is 1.10 bits per heavy atom. The number of rotatable bonds is 7. The molecule has 0 amide bonds. The minimum Gasteiger partial charge on any atom is -0.432 e. The number of carbonyl (C=O) groups is 2. The van der Waals surface area contributed by atoms with Gasteiger partial charge in [-0.05, 0) is 33.3 Å². The molecule has 1 aromatic carbocycles. The number of nitro benzene ring substituents is 1. The van der Waals surface area contributed by atoms with Crippen molar-refractivity contribution in [2.75, 3.05) is 13.2 Å². The topological polar surface area (TPSA) is 146 Å². The van der Waals surface area contributed by atoms with Crippen LogP contribution in [-0.4, -0.2) is 41.7 Å². The highest BCUT2D eigenvalue weighted by atomic mass is 16.7. The Morgan fingerprint density at radius 3 is 2.13 bits per heavy atom. The van der Waals surface area contributed by atoms with Gasteiger partial charge in [0, 0.05) is 12.1 Å². The van der Waals surface area contributed by atoms with Crippen molar-refractivity contribution < 1.29 is 38.6 Å². The van der Waals surface area contributed by atoms with Gasteiger partial charge in [-0.1, -0.05) is 12.1 Å². The first-order valence-corrected chi connectivity index (χ1v) is 9.40. The van der Waals surface area contributed by atoms with Crippen LogP contribution >= 0.6 is 0 Å². The number of ether oxygens (including phenoxy) is 4. The lowest BCUT2D eigenvalue weighted by atomic mass is 9.90. The third-order valence-corrected chi connectivity index (χ3v) is 4.11. The van der Waals surface area contributed by atoms with Crippen LogP contribution in [0.25, 0.3) is 0 Å². The maximum absolute atomic E-state index is 12.2. The SMILES string of the molecule is CC1=C(OC(=O)OCCO)C(c2ccc([N+](=O)[O-])cc2)C(OC(=O)OC(C)C)=C(C)N1. The summed E-state index contributed by atoms with van der Waals surface area (Å²) >= 11 is 0. The molecule has 31 heavy (non-hydrogen) atoms. The number of nitrogens with zero attached hydrogens (tertiary/aromatic N) is 1. The van der Waals surface area contributed by atoms with Gasteiger partial charge in [-0.3, -0.25) is 10.1 Å². The number of nitro groups is 1. The van der Waals surface area contributed by atoms with Crippen LogP contribution in [0.2, 0.25) is 0 Å².